The van der Waals surface area contributed by atoms with Gasteiger partial charge in [-0.05, 0) is 38.7 Å². The fraction of sp³-hybridized carbons (Fsp3) is 0.550. The summed E-state index contributed by atoms with van der Waals surface area (Å²) in [6.07, 6.45) is 13.4. The maximum absolute atomic E-state index is 6.01. The summed E-state index contributed by atoms with van der Waals surface area (Å²) in [6, 6.07) is 5.35. The second kappa shape index (κ2) is 7.48. The van der Waals surface area contributed by atoms with Crippen LogP contribution in [0.2, 0.25) is 0 Å². The van der Waals surface area contributed by atoms with Gasteiger partial charge in [-0.1, -0.05) is 18.9 Å². The van der Waals surface area contributed by atoms with Crippen molar-refractivity contribution >= 4 is 0 Å². The summed E-state index contributed by atoms with van der Waals surface area (Å²) in [7, 11) is 0. The zero-order chi connectivity index (χ0) is 17.1. The van der Waals surface area contributed by atoms with E-state index in [9.17, 15) is 0 Å². The second-order valence-electron chi connectivity index (χ2n) is 7.23. The van der Waals surface area contributed by atoms with E-state index in [4.69, 9.17) is 4.74 Å². The van der Waals surface area contributed by atoms with Gasteiger partial charge in [0.2, 0.25) is 0 Å². The van der Waals surface area contributed by atoms with Crippen molar-refractivity contribution in [3.8, 4) is 17.1 Å². The third-order valence-corrected chi connectivity index (χ3v) is 5.46. The van der Waals surface area contributed by atoms with Gasteiger partial charge in [-0.3, -0.25) is 4.98 Å². The molecule has 1 saturated heterocycles. The molecule has 0 radical (unpaired) electrons. The van der Waals surface area contributed by atoms with Crippen molar-refractivity contribution in [2.24, 2.45) is 0 Å². The molecule has 3 heterocycles. The monoisotopic (exact) mass is 338 g/mol. The molecule has 0 spiro atoms. The van der Waals surface area contributed by atoms with Crippen LogP contribution in [0.1, 0.15) is 44.2 Å². The molecule has 0 aromatic carbocycles. The predicted molar refractivity (Wildman–Crippen MR) is 97.5 cm³/mol. The predicted octanol–water partition coefficient (Wildman–Crippen LogP) is 3.63. The van der Waals surface area contributed by atoms with E-state index in [-0.39, 0.29) is 6.10 Å². The highest BCUT2D eigenvalue weighted by Gasteiger charge is 2.28. The van der Waals surface area contributed by atoms with Gasteiger partial charge < -0.3 is 9.64 Å². The van der Waals surface area contributed by atoms with Crippen LogP contribution in [-0.2, 0) is 0 Å². The SMILES string of the molecule is Cc1ccc(-c2cnc(OC3CCN(C4CCCC4)CC3)nc2)cn1. The number of aromatic nitrogens is 3. The van der Waals surface area contributed by atoms with Crippen LogP contribution in [0.4, 0.5) is 0 Å². The molecular weight excluding hydrogens is 312 g/mol. The van der Waals surface area contributed by atoms with E-state index < -0.39 is 0 Å². The number of ether oxygens (including phenoxy) is 1. The standard InChI is InChI=1S/C20H26N4O/c1-15-6-7-16(12-21-15)17-13-22-20(23-14-17)25-19-8-10-24(11-9-19)18-4-2-3-5-18/h6-7,12-14,18-19H,2-5,8-11H2,1H3. The van der Waals surface area contributed by atoms with Crippen molar-refractivity contribution in [3.05, 3.63) is 36.4 Å². The van der Waals surface area contributed by atoms with Crippen molar-refractivity contribution in [2.45, 2.75) is 57.6 Å². The summed E-state index contributed by atoms with van der Waals surface area (Å²) in [5, 5.41) is 0. The maximum atomic E-state index is 6.01. The van der Waals surface area contributed by atoms with Crippen LogP contribution in [0.3, 0.4) is 0 Å². The van der Waals surface area contributed by atoms with Crippen LogP contribution < -0.4 is 4.74 Å². The maximum Gasteiger partial charge on any atom is 0.316 e. The molecule has 2 aromatic rings. The quantitative estimate of drug-likeness (QED) is 0.852. The lowest BCUT2D eigenvalue weighted by Crippen LogP contribution is -2.43. The Balaban J connectivity index is 1.32. The summed E-state index contributed by atoms with van der Waals surface area (Å²) >= 11 is 0. The number of hydrogen-bond acceptors (Lipinski definition) is 5. The van der Waals surface area contributed by atoms with Crippen molar-refractivity contribution < 1.29 is 4.74 Å². The number of pyridine rings is 1. The van der Waals surface area contributed by atoms with Gasteiger partial charge in [0, 0.05) is 54.5 Å². The van der Waals surface area contributed by atoms with E-state index in [0.29, 0.717) is 6.01 Å². The first kappa shape index (κ1) is 16.5. The van der Waals surface area contributed by atoms with Gasteiger partial charge in [-0.15, -0.1) is 0 Å². The molecule has 0 bridgehead atoms. The Bertz CT molecular complexity index is 672. The first-order chi connectivity index (χ1) is 12.3. The zero-order valence-electron chi connectivity index (χ0n) is 14.9. The van der Waals surface area contributed by atoms with E-state index in [1.807, 2.05) is 37.6 Å². The highest BCUT2D eigenvalue weighted by Crippen LogP contribution is 2.27. The molecule has 0 unspecified atom stereocenters. The van der Waals surface area contributed by atoms with E-state index in [1.165, 1.54) is 25.7 Å². The number of nitrogens with zero attached hydrogens (tertiary/aromatic N) is 4. The number of piperidine rings is 1. The summed E-state index contributed by atoms with van der Waals surface area (Å²) in [4.78, 5) is 15.8. The average Bonchev–Trinajstić information content (AvgIpc) is 3.19. The molecule has 25 heavy (non-hydrogen) atoms. The molecule has 2 fully saturated rings. The zero-order valence-corrected chi connectivity index (χ0v) is 14.9. The normalized spacial score (nSPS) is 20.0. The molecule has 0 amide bonds. The van der Waals surface area contributed by atoms with Crippen molar-refractivity contribution in [3.63, 3.8) is 0 Å². The molecule has 2 aliphatic rings. The second-order valence-corrected chi connectivity index (χ2v) is 7.23. The molecule has 132 valence electrons. The first-order valence-electron chi connectivity index (χ1n) is 9.44. The van der Waals surface area contributed by atoms with E-state index in [2.05, 4.69) is 19.9 Å². The van der Waals surface area contributed by atoms with Gasteiger partial charge in [-0.2, -0.15) is 0 Å². The summed E-state index contributed by atoms with van der Waals surface area (Å²) < 4.78 is 6.01. The molecule has 1 aliphatic carbocycles. The van der Waals surface area contributed by atoms with Crippen LogP contribution in [0.15, 0.2) is 30.7 Å². The molecule has 0 atom stereocenters. The molecule has 0 N–H and O–H groups in total. The Labute approximate surface area is 149 Å². The van der Waals surface area contributed by atoms with Crippen LogP contribution in [-0.4, -0.2) is 45.1 Å². The summed E-state index contributed by atoms with van der Waals surface area (Å²) in [5.41, 5.74) is 3.01. The molecule has 4 rings (SSSR count). The minimum atomic E-state index is 0.240. The van der Waals surface area contributed by atoms with Gasteiger partial charge in [-0.25, -0.2) is 9.97 Å². The van der Waals surface area contributed by atoms with E-state index in [0.717, 1.165) is 48.8 Å². The molecule has 5 nitrogen and oxygen atoms in total. The van der Waals surface area contributed by atoms with Crippen LogP contribution in [0.25, 0.3) is 11.1 Å². The molecular formula is C20H26N4O. The lowest BCUT2D eigenvalue weighted by molar-refractivity contribution is 0.0710. The molecule has 5 heteroatoms. The average molecular weight is 338 g/mol. The lowest BCUT2D eigenvalue weighted by atomic mass is 10.0. The largest absolute Gasteiger partial charge is 0.460 e. The number of rotatable bonds is 4. The number of hydrogen-bond donors (Lipinski definition) is 0. The Morgan fingerprint density at radius 2 is 1.56 bits per heavy atom. The molecule has 1 aliphatic heterocycles. The van der Waals surface area contributed by atoms with E-state index in [1.54, 1.807) is 0 Å². The smallest absolute Gasteiger partial charge is 0.316 e. The Morgan fingerprint density at radius 1 is 0.880 bits per heavy atom. The molecule has 1 saturated carbocycles. The Kier molecular flexibility index (Phi) is 4.92. The van der Waals surface area contributed by atoms with Gasteiger partial charge in [0.05, 0.1) is 0 Å². The van der Waals surface area contributed by atoms with Gasteiger partial charge in [0.25, 0.3) is 0 Å². The van der Waals surface area contributed by atoms with Gasteiger partial charge in [0.15, 0.2) is 0 Å². The first-order valence-corrected chi connectivity index (χ1v) is 9.44. The highest BCUT2D eigenvalue weighted by molar-refractivity contribution is 5.60. The van der Waals surface area contributed by atoms with Crippen molar-refractivity contribution in [2.75, 3.05) is 13.1 Å². The van der Waals surface area contributed by atoms with Crippen LogP contribution >= 0.6 is 0 Å². The topological polar surface area (TPSA) is 51.1 Å². The van der Waals surface area contributed by atoms with Crippen LogP contribution in [0, 0.1) is 6.92 Å². The third kappa shape index (κ3) is 3.98. The minimum absolute atomic E-state index is 0.240. The summed E-state index contributed by atoms with van der Waals surface area (Å²) in [5.74, 6) is 0. The Hall–Kier alpha value is -2.01. The highest BCUT2D eigenvalue weighted by atomic mass is 16.5. The van der Waals surface area contributed by atoms with Gasteiger partial charge >= 0.3 is 6.01 Å². The number of aryl methyl sites for hydroxylation is 1. The lowest BCUT2D eigenvalue weighted by Gasteiger charge is -2.35. The number of likely N-dealkylation sites (tertiary alicyclic amines) is 1. The Morgan fingerprint density at radius 3 is 2.20 bits per heavy atom. The molecule has 2 aromatic heterocycles. The third-order valence-electron chi connectivity index (χ3n) is 5.46. The van der Waals surface area contributed by atoms with Crippen molar-refractivity contribution in [1.82, 2.24) is 19.9 Å². The fourth-order valence-electron chi connectivity index (χ4n) is 3.94. The minimum Gasteiger partial charge on any atom is -0.460 e. The van der Waals surface area contributed by atoms with Gasteiger partial charge in [0.1, 0.15) is 6.10 Å². The summed E-state index contributed by atoms with van der Waals surface area (Å²) in [6.45, 7) is 4.26. The van der Waals surface area contributed by atoms with Crippen LogP contribution in [0.5, 0.6) is 6.01 Å². The fourth-order valence-corrected chi connectivity index (χ4v) is 3.94. The van der Waals surface area contributed by atoms with E-state index >= 15 is 0 Å². The van der Waals surface area contributed by atoms with Crippen molar-refractivity contribution in [1.29, 1.82) is 0 Å².